The van der Waals surface area contributed by atoms with Gasteiger partial charge in [-0.2, -0.15) is 13.2 Å². The minimum atomic E-state index is -4.85. The van der Waals surface area contributed by atoms with Crippen molar-refractivity contribution >= 4 is 46.4 Å². The van der Waals surface area contributed by atoms with Crippen LogP contribution in [0.3, 0.4) is 0 Å². The summed E-state index contributed by atoms with van der Waals surface area (Å²) in [6.07, 6.45) is -4.85. The highest BCUT2D eigenvalue weighted by molar-refractivity contribution is 6.42. The molecule has 0 saturated heterocycles. The lowest BCUT2D eigenvalue weighted by Gasteiger charge is -2.16. The molecule has 0 aliphatic heterocycles. The normalized spacial score (nSPS) is 11.2. The van der Waals surface area contributed by atoms with Gasteiger partial charge in [-0.05, 0) is 48.5 Å². The number of anilines is 2. The Morgan fingerprint density at radius 3 is 2.16 bits per heavy atom. The van der Waals surface area contributed by atoms with Crippen LogP contribution in [0, 0.1) is 5.82 Å². The van der Waals surface area contributed by atoms with Crippen molar-refractivity contribution in [3.63, 3.8) is 0 Å². The van der Waals surface area contributed by atoms with Crippen LogP contribution >= 0.6 is 23.2 Å². The lowest BCUT2D eigenvalue weighted by molar-refractivity contribution is -0.136. The molecule has 0 fully saturated rings. The van der Waals surface area contributed by atoms with Crippen LogP contribution in [-0.2, 0) is 6.18 Å². The molecule has 0 bridgehead atoms. The van der Waals surface area contributed by atoms with Crippen molar-refractivity contribution in [1.82, 2.24) is 0 Å². The zero-order chi connectivity index (χ0) is 22.8. The highest BCUT2D eigenvalue weighted by Gasteiger charge is 2.34. The summed E-state index contributed by atoms with van der Waals surface area (Å²) in [6.45, 7) is 0. The van der Waals surface area contributed by atoms with Gasteiger partial charge in [0.25, 0.3) is 11.8 Å². The van der Waals surface area contributed by atoms with E-state index in [1.807, 2.05) is 0 Å². The van der Waals surface area contributed by atoms with Crippen molar-refractivity contribution in [3.05, 3.63) is 93.2 Å². The summed E-state index contributed by atoms with van der Waals surface area (Å²) in [4.78, 5) is 24.5. The van der Waals surface area contributed by atoms with Gasteiger partial charge in [0.1, 0.15) is 5.82 Å². The number of nitrogens with one attached hydrogen (secondary N) is 2. The molecular weight excluding hydrogens is 459 g/mol. The van der Waals surface area contributed by atoms with Gasteiger partial charge in [0.15, 0.2) is 0 Å². The van der Waals surface area contributed by atoms with Crippen LogP contribution in [-0.4, -0.2) is 11.8 Å². The molecule has 3 rings (SSSR count). The Balaban J connectivity index is 1.88. The second-order valence-corrected chi connectivity index (χ2v) is 7.09. The fraction of sp³-hybridized carbons (Fsp3) is 0.0476. The average Bonchev–Trinajstić information content (AvgIpc) is 2.70. The van der Waals surface area contributed by atoms with E-state index in [0.29, 0.717) is 6.07 Å². The molecule has 0 saturated carbocycles. The standard InChI is InChI=1S/C21H12Cl2F4N2O2/c22-15-7-5-11(9-16(15)23)19(30)29-18-8-6-12(10-14(18)21(25,26)27)28-20(31)13-3-1-2-4-17(13)24/h1-10H,(H,28,31)(H,29,30). The van der Waals surface area contributed by atoms with E-state index < -0.39 is 35.1 Å². The Morgan fingerprint density at radius 2 is 1.52 bits per heavy atom. The van der Waals surface area contributed by atoms with Gasteiger partial charge in [0.05, 0.1) is 26.9 Å². The first-order valence-electron chi connectivity index (χ1n) is 8.60. The van der Waals surface area contributed by atoms with Crippen LogP contribution in [0.15, 0.2) is 60.7 Å². The summed E-state index contributed by atoms with van der Waals surface area (Å²) in [6, 6.07) is 11.7. The van der Waals surface area contributed by atoms with Gasteiger partial charge >= 0.3 is 6.18 Å². The summed E-state index contributed by atoms with van der Waals surface area (Å²) >= 11 is 11.6. The maximum absolute atomic E-state index is 13.7. The Morgan fingerprint density at radius 1 is 0.806 bits per heavy atom. The minimum Gasteiger partial charge on any atom is -0.322 e. The van der Waals surface area contributed by atoms with E-state index in [1.165, 1.54) is 36.4 Å². The first-order chi connectivity index (χ1) is 14.6. The van der Waals surface area contributed by atoms with E-state index in [2.05, 4.69) is 10.6 Å². The molecule has 0 heterocycles. The molecule has 0 aliphatic carbocycles. The van der Waals surface area contributed by atoms with Gasteiger partial charge in [-0.25, -0.2) is 4.39 Å². The fourth-order valence-corrected chi connectivity index (χ4v) is 2.94. The summed E-state index contributed by atoms with van der Waals surface area (Å²) in [7, 11) is 0. The number of alkyl halides is 3. The van der Waals surface area contributed by atoms with E-state index in [9.17, 15) is 27.2 Å². The number of amides is 2. The summed E-state index contributed by atoms with van der Waals surface area (Å²) in [5, 5.41) is 4.63. The summed E-state index contributed by atoms with van der Waals surface area (Å²) in [5.41, 5.74) is -2.29. The van der Waals surface area contributed by atoms with Gasteiger partial charge in [0.2, 0.25) is 0 Å². The number of carbonyl (C=O) groups excluding carboxylic acids is 2. The second-order valence-electron chi connectivity index (χ2n) is 6.28. The number of hydrogen-bond donors (Lipinski definition) is 2. The zero-order valence-corrected chi connectivity index (χ0v) is 16.9. The Bertz CT molecular complexity index is 1170. The van der Waals surface area contributed by atoms with Gasteiger partial charge < -0.3 is 10.6 Å². The molecule has 31 heavy (non-hydrogen) atoms. The van der Waals surface area contributed by atoms with Gasteiger partial charge in [-0.15, -0.1) is 0 Å². The number of rotatable bonds is 4. The highest BCUT2D eigenvalue weighted by atomic mass is 35.5. The zero-order valence-electron chi connectivity index (χ0n) is 15.4. The number of carbonyl (C=O) groups is 2. The third kappa shape index (κ3) is 5.34. The van der Waals surface area contributed by atoms with Crippen LogP contribution in [0.1, 0.15) is 26.3 Å². The maximum Gasteiger partial charge on any atom is 0.418 e. The molecule has 10 heteroatoms. The van der Waals surface area contributed by atoms with Gasteiger partial charge in [0, 0.05) is 11.3 Å². The van der Waals surface area contributed by atoms with Crippen molar-refractivity contribution < 1.29 is 27.2 Å². The van der Waals surface area contributed by atoms with Gasteiger partial charge in [-0.3, -0.25) is 9.59 Å². The fourth-order valence-electron chi connectivity index (χ4n) is 2.64. The van der Waals surface area contributed by atoms with Gasteiger partial charge in [-0.1, -0.05) is 35.3 Å². The molecule has 2 amide bonds. The van der Waals surface area contributed by atoms with Crippen molar-refractivity contribution in [1.29, 1.82) is 0 Å². The number of benzene rings is 3. The molecular formula is C21H12Cl2F4N2O2. The molecule has 0 aliphatic rings. The van der Waals surface area contributed by atoms with Crippen molar-refractivity contribution in [2.45, 2.75) is 6.18 Å². The molecule has 0 aromatic heterocycles. The predicted octanol–water partition coefficient (Wildman–Crippen LogP) is 6.66. The predicted molar refractivity (Wildman–Crippen MR) is 110 cm³/mol. The average molecular weight is 471 g/mol. The molecule has 0 spiro atoms. The first kappa shape index (κ1) is 22.6. The first-order valence-corrected chi connectivity index (χ1v) is 9.35. The Hall–Kier alpha value is -3.10. The molecule has 2 N–H and O–H groups in total. The Labute approximate surface area is 183 Å². The molecule has 3 aromatic carbocycles. The SMILES string of the molecule is O=C(Nc1ccc(NC(=O)c2ccccc2F)cc1C(F)(F)F)c1ccc(Cl)c(Cl)c1. The van der Waals surface area contributed by atoms with Crippen molar-refractivity contribution in [2.75, 3.05) is 10.6 Å². The van der Waals surface area contributed by atoms with Crippen LogP contribution in [0.4, 0.5) is 28.9 Å². The minimum absolute atomic E-state index is 0.000503. The third-order valence-electron chi connectivity index (χ3n) is 4.13. The molecule has 0 atom stereocenters. The van der Waals surface area contributed by atoms with Crippen LogP contribution in [0.2, 0.25) is 10.0 Å². The lowest BCUT2D eigenvalue weighted by Crippen LogP contribution is -2.18. The molecule has 0 radical (unpaired) electrons. The number of halogens is 6. The van der Waals surface area contributed by atoms with E-state index in [-0.39, 0.29) is 26.9 Å². The summed E-state index contributed by atoms with van der Waals surface area (Å²) < 4.78 is 54.4. The quantitative estimate of drug-likeness (QED) is 0.419. The maximum atomic E-state index is 13.7. The topological polar surface area (TPSA) is 58.2 Å². The van der Waals surface area contributed by atoms with Crippen molar-refractivity contribution in [2.24, 2.45) is 0 Å². The molecule has 160 valence electrons. The van der Waals surface area contributed by atoms with E-state index >= 15 is 0 Å². The Kier molecular flexibility index (Phi) is 6.52. The second kappa shape index (κ2) is 8.95. The van der Waals surface area contributed by atoms with Crippen molar-refractivity contribution in [3.8, 4) is 0 Å². The highest BCUT2D eigenvalue weighted by Crippen LogP contribution is 2.37. The van der Waals surface area contributed by atoms with Crippen LogP contribution < -0.4 is 10.6 Å². The third-order valence-corrected chi connectivity index (χ3v) is 4.87. The largest absolute Gasteiger partial charge is 0.418 e. The molecule has 4 nitrogen and oxygen atoms in total. The summed E-state index contributed by atoms with van der Waals surface area (Å²) in [5.74, 6) is -2.58. The molecule has 3 aromatic rings. The van der Waals surface area contributed by atoms with Crippen LogP contribution in [0.25, 0.3) is 0 Å². The van der Waals surface area contributed by atoms with E-state index in [4.69, 9.17) is 23.2 Å². The monoisotopic (exact) mass is 470 g/mol. The lowest BCUT2D eigenvalue weighted by atomic mass is 10.1. The number of hydrogen-bond acceptors (Lipinski definition) is 2. The smallest absolute Gasteiger partial charge is 0.322 e. The van der Waals surface area contributed by atoms with E-state index in [1.54, 1.807) is 0 Å². The van der Waals surface area contributed by atoms with E-state index in [0.717, 1.165) is 18.2 Å². The molecule has 0 unspecified atom stereocenters. The van der Waals surface area contributed by atoms with Crippen LogP contribution in [0.5, 0.6) is 0 Å².